The Bertz CT molecular complexity index is 2150. The van der Waals surface area contributed by atoms with Gasteiger partial charge in [0, 0.05) is 28.9 Å². The van der Waals surface area contributed by atoms with E-state index in [0.717, 1.165) is 38.9 Å². The Morgan fingerprint density at radius 3 is 1.80 bits per heavy atom. The van der Waals surface area contributed by atoms with Crippen molar-refractivity contribution < 1.29 is 0 Å². The summed E-state index contributed by atoms with van der Waals surface area (Å²) in [6.07, 6.45) is 3.47. The number of aromatic nitrogens is 7. The molecule has 0 spiro atoms. The highest BCUT2D eigenvalue weighted by atomic mass is 15.1. The highest BCUT2D eigenvalue weighted by Gasteiger charge is 2.17. The standard InChI is InChI=1S/C34H21N7/c1-3-16-28-22(10-1)21-30-31(37-25-13-2-4-17-29(25)41(28)30)23-11-9-12-24(20-23)32-38-33(26-14-5-7-18-35-26)40-34(39-32)27-15-6-8-19-36-27/h1-21H. The second kappa shape index (κ2) is 9.43. The average Bonchev–Trinajstić information content (AvgIpc) is 3.45. The number of para-hydroxylation sites is 3. The molecule has 41 heavy (non-hydrogen) atoms. The molecule has 0 unspecified atom stereocenters. The van der Waals surface area contributed by atoms with Gasteiger partial charge in [-0.1, -0.05) is 60.7 Å². The third-order valence-corrected chi connectivity index (χ3v) is 7.13. The van der Waals surface area contributed by atoms with E-state index in [-0.39, 0.29) is 0 Å². The van der Waals surface area contributed by atoms with Gasteiger partial charge in [-0.05, 0) is 54.6 Å². The number of hydrogen-bond donors (Lipinski definition) is 0. The smallest absolute Gasteiger partial charge is 0.182 e. The summed E-state index contributed by atoms with van der Waals surface area (Å²) in [5, 5.41) is 1.17. The average molecular weight is 528 g/mol. The van der Waals surface area contributed by atoms with Crippen molar-refractivity contribution in [1.82, 2.24) is 34.3 Å². The van der Waals surface area contributed by atoms with Crippen LogP contribution in [0.25, 0.3) is 73.1 Å². The molecule has 0 fully saturated rings. The minimum absolute atomic E-state index is 0.491. The van der Waals surface area contributed by atoms with Gasteiger partial charge in [0.1, 0.15) is 11.4 Å². The molecular formula is C34H21N7. The van der Waals surface area contributed by atoms with E-state index in [2.05, 4.69) is 75.0 Å². The summed E-state index contributed by atoms with van der Waals surface area (Å²) in [7, 11) is 0. The first-order valence-corrected chi connectivity index (χ1v) is 13.3. The molecular weight excluding hydrogens is 506 g/mol. The van der Waals surface area contributed by atoms with E-state index < -0.39 is 0 Å². The van der Waals surface area contributed by atoms with Crippen molar-refractivity contribution in [1.29, 1.82) is 0 Å². The molecule has 8 aromatic rings. The number of pyridine rings is 2. The maximum Gasteiger partial charge on any atom is 0.182 e. The van der Waals surface area contributed by atoms with E-state index in [0.29, 0.717) is 28.9 Å². The molecule has 0 amide bonds. The molecule has 0 N–H and O–H groups in total. The van der Waals surface area contributed by atoms with Crippen LogP contribution in [0.15, 0.2) is 128 Å². The van der Waals surface area contributed by atoms with Crippen LogP contribution in [0.4, 0.5) is 0 Å². The van der Waals surface area contributed by atoms with Crippen LogP contribution in [0.1, 0.15) is 0 Å². The summed E-state index contributed by atoms with van der Waals surface area (Å²) in [6, 6.07) is 38.5. The van der Waals surface area contributed by atoms with Gasteiger partial charge in [-0.15, -0.1) is 0 Å². The summed E-state index contributed by atoms with van der Waals surface area (Å²) < 4.78 is 2.29. The van der Waals surface area contributed by atoms with Crippen LogP contribution in [0.3, 0.4) is 0 Å². The number of rotatable bonds is 4. The Labute approximate surface area is 234 Å². The fraction of sp³-hybridized carbons (Fsp3) is 0. The molecule has 0 atom stereocenters. The van der Waals surface area contributed by atoms with Crippen molar-refractivity contribution >= 4 is 27.5 Å². The molecule has 0 radical (unpaired) electrons. The molecule has 5 aromatic heterocycles. The van der Waals surface area contributed by atoms with Crippen LogP contribution in [0, 0.1) is 0 Å². The Hall–Kier alpha value is -5.82. The zero-order valence-corrected chi connectivity index (χ0v) is 21.8. The largest absolute Gasteiger partial charge is 0.306 e. The Morgan fingerprint density at radius 2 is 1.07 bits per heavy atom. The van der Waals surface area contributed by atoms with Gasteiger partial charge in [-0.2, -0.15) is 0 Å². The second-order valence-electron chi connectivity index (χ2n) is 9.69. The number of nitrogens with zero attached hydrogens (tertiary/aromatic N) is 7. The van der Waals surface area contributed by atoms with Crippen molar-refractivity contribution in [2.24, 2.45) is 0 Å². The summed E-state index contributed by atoms with van der Waals surface area (Å²) in [4.78, 5) is 28.5. The van der Waals surface area contributed by atoms with Gasteiger partial charge in [0.05, 0.1) is 27.8 Å². The number of hydrogen-bond acceptors (Lipinski definition) is 6. The van der Waals surface area contributed by atoms with E-state index in [1.807, 2.05) is 54.6 Å². The first-order chi connectivity index (χ1) is 20.3. The van der Waals surface area contributed by atoms with E-state index in [9.17, 15) is 0 Å². The number of benzene rings is 3. The third-order valence-electron chi connectivity index (χ3n) is 7.13. The first kappa shape index (κ1) is 23.1. The molecule has 0 aliphatic heterocycles. The highest BCUT2D eigenvalue weighted by molar-refractivity contribution is 5.98. The van der Waals surface area contributed by atoms with E-state index >= 15 is 0 Å². The SMILES string of the molecule is c1ccc(-c2nc(-c3cccc(-c4nc5ccccc5n5c4cc4ccccc45)c3)nc(-c3ccccn3)n2)nc1. The zero-order chi connectivity index (χ0) is 27.2. The van der Waals surface area contributed by atoms with Crippen LogP contribution in [-0.2, 0) is 0 Å². The lowest BCUT2D eigenvalue weighted by Gasteiger charge is -2.11. The predicted molar refractivity (Wildman–Crippen MR) is 161 cm³/mol. The Morgan fingerprint density at radius 1 is 0.439 bits per heavy atom. The van der Waals surface area contributed by atoms with E-state index in [1.165, 1.54) is 5.39 Å². The lowest BCUT2D eigenvalue weighted by molar-refractivity contribution is 1.05. The van der Waals surface area contributed by atoms with Crippen LogP contribution in [0.5, 0.6) is 0 Å². The molecule has 8 rings (SSSR count). The summed E-state index contributed by atoms with van der Waals surface area (Å²) in [5.41, 5.74) is 8.24. The quantitative estimate of drug-likeness (QED) is 0.239. The molecule has 0 aliphatic rings. The van der Waals surface area contributed by atoms with Gasteiger partial charge in [-0.25, -0.2) is 19.9 Å². The molecule has 7 heteroatoms. The monoisotopic (exact) mass is 527 g/mol. The first-order valence-electron chi connectivity index (χ1n) is 13.3. The van der Waals surface area contributed by atoms with Crippen molar-refractivity contribution in [3.63, 3.8) is 0 Å². The summed E-state index contributed by atoms with van der Waals surface area (Å²) in [5.74, 6) is 1.52. The van der Waals surface area contributed by atoms with Gasteiger partial charge in [0.15, 0.2) is 17.5 Å². The van der Waals surface area contributed by atoms with Gasteiger partial charge in [0.25, 0.3) is 0 Å². The zero-order valence-electron chi connectivity index (χ0n) is 21.8. The van der Waals surface area contributed by atoms with Crippen molar-refractivity contribution in [2.45, 2.75) is 0 Å². The van der Waals surface area contributed by atoms with Crippen LogP contribution >= 0.6 is 0 Å². The van der Waals surface area contributed by atoms with E-state index in [4.69, 9.17) is 19.9 Å². The van der Waals surface area contributed by atoms with Gasteiger partial charge >= 0.3 is 0 Å². The van der Waals surface area contributed by atoms with Crippen molar-refractivity contribution in [3.8, 4) is 45.7 Å². The third kappa shape index (κ3) is 3.99. The van der Waals surface area contributed by atoms with Crippen LogP contribution in [-0.4, -0.2) is 34.3 Å². The minimum Gasteiger partial charge on any atom is -0.306 e. The molecule has 0 bridgehead atoms. The maximum atomic E-state index is 5.14. The molecule has 0 saturated heterocycles. The minimum atomic E-state index is 0.491. The normalized spacial score (nSPS) is 11.4. The molecule has 192 valence electrons. The number of fused-ring (bicyclic) bond motifs is 5. The molecule has 7 nitrogen and oxygen atoms in total. The fourth-order valence-corrected chi connectivity index (χ4v) is 5.26. The fourth-order valence-electron chi connectivity index (χ4n) is 5.26. The van der Waals surface area contributed by atoms with Crippen molar-refractivity contribution in [3.05, 3.63) is 128 Å². The second-order valence-corrected chi connectivity index (χ2v) is 9.69. The Balaban J connectivity index is 1.35. The van der Waals surface area contributed by atoms with Gasteiger partial charge < -0.3 is 4.40 Å². The molecule has 0 saturated carbocycles. The van der Waals surface area contributed by atoms with Crippen LogP contribution in [0.2, 0.25) is 0 Å². The lowest BCUT2D eigenvalue weighted by Crippen LogP contribution is -2.02. The topological polar surface area (TPSA) is 81.8 Å². The predicted octanol–water partition coefficient (Wildman–Crippen LogP) is 7.28. The Kier molecular flexibility index (Phi) is 5.31. The van der Waals surface area contributed by atoms with Crippen LogP contribution < -0.4 is 0 Å². The molecule has 3 aromatic carbocycles. The van der Waals surface area contributed by atoms with Gasteiger partial charge in [-0.3, -0.25) is 9.97 Å². The summed E-state index contributed by atoms with van der Waals surface area (Å²) >= 11 is 0. The van der Waals surface area contributed by atoms with Crippen molar-refractivity contribution in [2.75, 3.05) is 0 Å². The van der Waals surface area contributed by atoms with Gasteiger partial charge in [0.2, 0.25) is 0 Å². The molecule has 0 aliphatic carbocycles. The molecule has 5 heterocycles. The highest BCUT2D eigenvalue weighted by Crippen LogP contribution is 2.33. The lowest BCUT2D eigenvalue weighted by atomic mass is 10.1. The summed E-state index contributed by atoms with van der Waals surface area (Å²) in [6.45, 7) is 0. The van der Waals surface area contributed by atoms with E-state index in [1.54, 1.807) is 12.4 Å². The maximum absolute atomic E-state index is 5.14.